The molecule has 0 aromatic carbocycles. The van der Waals surface area contributed by atoms with E-state index in [1.165, 1.54) is 22.6 Å². The van der Waals surface area contributed by atoms with Crippen LogP contribution in [0.2, 0.25) is 4.34 Å². The summed E-state index contributed by atoms with van der Waals surface area (Å²) in [5.74, 6) is 0.837. The van der Waals surface area contributed by atoms with E-state index in [1.54, 1.807) is 11.3 Å². The molecule has 0 saturated heterocycles. The lowest BCUT2D eigenvalue weighted by molar-refractivity contribution is 0.490. The Morgan fingerprint density at radius 3 is 2.82 bits per heavy atom. The summed E-state index contributed by atoms with van der Waals surface area (Å²) in [6, 6.07) is 9.00. The van der Waals surface area contributed by atoms with E-state index in [9.17, 15) is 0 Å². The van der Waals surface area contributed by atoms with Gasteiger partial charge in [-0.05, 0) is 42.3 Å². The van der Waals surface area contributed by atoms with Crippen molar-refractivity contribution >= 4 is 34.3 Å². The molecule has 1 aliphatic carbocycles. The molecule has 0 aliphatic heterocycles. The van der Waals surface area contributed by atoms with Gasteiger partial charge < -0.3 is 5.32 Å². The lowest BCUT2D eigenvalue weighted by atomic mass is 10.1. The standard InChI is InChI=1S/C13H14ClNS2/c14-12-6-5-10(17-12)8-15-13(9-3-4-9)11-2-1-7-16-11/h1-2,5-7,9,13,15H,3-4,8H2. The van der Waals surface area contributed by atoms with Gasteiger partial charge in [0, 0.05) is 22.3 Å². The zero-order valence-electron chi connectivity index (χ0n) is 9.36. The smallest absolute Gasteiger partial charge is 0.0931 e. The molecule has 1 nitrogen and oxygen atoms in total. The van der Waals surface area contributed by atoms with Crippen molar-refractivity contribution in [1.82, 2.24) is 5.32 Å². The molecule has 17 heavy (non-hydrogen) atoms. The van der Waals surface area contributed by atoms with Crippen LogP contribution < -0.4 is 5.32 Å². The highest BCUT2D eigenvalue weighted by Crippen LogP contribution is 2.42. The van der Waals surface area contributed by atoms with Crippen molar-refractivity contribution in [1.29, 1.82) is 0 Å². The van der Waals surface area contributed by atoms with Crippen molar-refractivity contribution < 1.29 is 0 Å². The molecule has 0 radical (unpaired) electrons. The molecular weight excluding hydrogens is 270 g/mol. The summed E-state index contributed by atoms with van der Waals surface area (Å²) in [7, 11) is 0. The van der Waals surface area contributed by atoms with Crippen molar-refractivity contribution in [2.24, 2.45) is 5.92 Å². The Labute approximate surface area is 114 Å². The lowest BCUT2D eigenvalue weighted by Crippen LogP contribution is -2.21. The summed E-state index contributed by atoms with van der Waals surface area (Å²) in [6.07, 6.45) is 2.72. The Morgan fingerprint density at radius 1 is 1.35 bits per heavy atom. The van der Waals surface area contributed by atoms with E-state index in [4.69, 9.17) is 11.6 Å². The fourth-order valence-electron chi connectivity index (χ4n) is 2.05. The van der Waals surface area contributed by atoms with Crippen LogP contribution in [0.5, 0.6) is 0 Å². The van der Waals surface area contributed by atoms with Crippen LogP contribution in [0.4, 0.5) is 0 Å². The van der Waals surface area contributed by atoms with Gasteiger partial charge in [-0.15, -0.1) is 22.7 Å². The minimum atomic E-state index is 0.538. The quantitative estimate of drug-likeness (QED) is 0.838. The van der Waals surface area contributed by atoms with Gasteiger partial charge in [0.2, 0.25) is 0 Å². The van der Waals surface area contributed by atoms with Crippen LogP contribution in [0.1, 0.15) is 28.6 Å². The minimum absolute atomic E-state index is 0.538. The molecule has 4 heteroatoms. The van der Waals surface area contributed by atoms with Crippen molar-refractivity contribution in [3.8, 4) is 0 Å². The van der Waals surface area contributed by atoms with Crippen molar-refractivity contribution in [3.05, 3.63) is 43.7 Å². The number of hydrogen-bond acceptors (Lipinski definition) is 3. The van der Waals surface area contributed by atoms with Crippen molar-refractivity contribution in [2.75, 3.05) is 0 Å². The van der Waals surface area contributed by atoms with E-state index < -0.39 is 0 Å². The number of hydrogen-bond donors (Lipinski definition) is 1. The average Bonchev–Trinajstić information content (AvgIpc) is 2.85. The maximum Gasteiger partial charge on any atom is 0.0931 e. The summed E-state index contributed by atoms with van der Waals surface area (Å²) in [4.78, 5) is 2.78. The highest BCUT2D eigenvalue weighted by molar-refractivity contribution is 7.16. The van der Waals surface area contributed by atoms with E-state index in [0.717, 1.165) is 16.8 Å². The zero-order valence-corrected chi connectivity index (χ0v) is 11.7. The van der Waals surface area contributed by atoms with E-state index in [-0.39, 0.29) is 0 Å². The molecule has 3 rings (SSSR count). The third-order valence-electron chi connectivity index (χ3n) is 3.07. The molecule has 0 amide bonds. The van der Waals surface area contributed by atoms with Crippen molar-refractivity contribution in [3.63, 3.8) is 0 Å². The molecule has 1 saturated carbocycles. The number of rotatable bonds is 5. The predicted octanol–water partition coefficient (Wildman–Crippen LogP) is 4.70. The Hall–Kier alpha value is -0.350. The third-order valence-corrected chi connectivity index (χ3v) is 5.25. The summed E-state index contributed by atoms with van der Waals surface area (Å²) < 4.78 is 0.876. The highest BCUT2D eigenvalue weighted by Gasteiger charge is 2.32. The van der Waals surface area contributed by atoms with E-state index in [0.29, 0.717) is 6.04 Å². The highest BCUT2D eigenvalue weighted by atomic mass is 35.5. The average molecular weight is 284 g/mol. The normalized spacial score (nSPS) is 17.2. The Bertz CT molecular complexity index is 473. The number of halogens is 1. The van der Waals surface area contributed by atoms with Crippen LogP contribution in [0.3, 0.4) is 0 Å². The van der Waals surface area contributed by atoms with Gasteiger partial charge in [0.1, 0.15) is 0 Å². The summed E-state index contributed by atoms with van der Waals surface area (Å²) in [5.41, 5.74) is 0. The van der Waals surface area contributed by atoms with Crippen LogP contribution in [-0.4, -0.2) is 0 Å². The predicted molar refractivity (Wildman–Crippen MR) is 76.0 cm³/mol. The first-order valence-corrected chi connectivity index (χ1v) is 7.91. The summed E-state index contributed by atoms with van der Waals surface area (Å²) in [5, 5.41) is 5.84. The topological polar surface area (TPSA) is 12.0 Å². The Morgan fingerprint density at radius 2 is 2.24 bits per heavy atom. The van der Waals surface area contributed by atoms with Gasteiger partial charge in [0.15, 0.2) is 0 Å². The fourth-order valence-corrected chi connectivity index (χ4v) is 3.99. The van der Waals surface area contributed by atoms with E-state index in [2.05, 4.69) is 28.9 Å². The van der Waals surface area contributed by atoms with E-state index >= 15 is 0 Å². The molecule has 1 fully saturated rings. The molecule has 1 aliphatic rings. The third kappa shape index (κ3) is 2.91. The van der Waals surface area contributed by atoms with Crippen LogP contribution in [-0.2, 0) is 6.54 Å². The Kier molecular flexibility index (Phi) is 3.52. The first-order chi connectivity index (χ1) is 8.33. The molecule has 2 aromatic heterocycles. The summed E-state index contributed by atoms with van der Waals surface area (Å²) in [6.45, 7) is 0.927. The van der Waals surface area contributed by atoms with Crippen LogP contribution >= 0.6 is 34.3 Å². The maximum absolute atomic E-state index is 5.94. The molecule has 2 aromatic rings. The van der Waals surface area contributed by atoms with Gasteiger partial charge in [-0.1, -0.05) is 17.7 Å². The monoisotopic (exact) mass is 283 g/mol. The second-order valence-electron chi connectivity index (χ2n) is 4.42. The van der Waals surface area contributed by atoms with Gasteiger partial charge >= 0.3 is 0 Å². The van der Waals surface area contributed by atoms with Crippen LogP contribution in [0.15, 0.2) is 29.6 Å². The molecule has 1 atom stereocenters. The largest absolute Gasteiger partial charge is 0.304 e. The minimum Gasteiger partial charge on any atom is -0.304 e. The van der Waals surface area contributed by atoms with Crippen LogP contribution in [0.25, 0.3) is 0 Å². The van der Waals surface area contributed by atoms with E-state index in [1.807, 2.05) is 17.4 Å². The molecule has 1 N–H and O–H groups in total. The summed E-state index contributed by atoms with van der Waals surface area (Å²) >= 11 is 9.46. The van der Waals surface area contributed by atoms with Crippen molar-refractivity contribution in [2.45, 2.75) is 25.4 Å². The SMILES string of the molecule is Clc1ccc(CNC(c2cccs2)C2CC2)s1. The number of nitrogens with one attached hydrogen (secondary N) is 1. The number of thiophene rings is 2. The molecule has 90 valence electrons. The maximum atomic E-state index is 5.94. The van der Waals surface area contributed by atoms with Gasteiger partial charge in [-0.3, -0.25) is 0 Å². The van der Waals surface area contributed by atoms with Gasteiger partial charge in [0.25, 0.3) is 0 Å². The lowest BCUT2D eigenvalue weighted by Gasteiger charge is -2.16. The second-order valence-corrected chi connectivity index (χ2v) is 7.20. The molecule has 1 unspecified atom stereocenters. The second kappa shape index (κ2) is 5.11. The fraction of sp³-hybridized carbons (Fsp3) is 0.385. The van der Waals surface area contributed by atoms with Gasteiger partial charge in [-0.25, -0.2) is 0 Å². The van der Waals surface area contributed by atoms with Gasteiger partial charge in [0.05, 0.1) is 4.34 Å². The van der Waals surface area contributed by atoms with Gasteiger partial charge in [-0.2, -0.15) is 0 Å². The van der Waals surface area contributed by atoms with Crippen LogP contribution in [0, 0.1) is 5.92 Å². The first kappa shape index (κ1) is 11.7. The molecule has 0 spiro atoms. The first-order valence-electron chi connectivity index (χ1n) is 5.84. The molecular formula is C13H14ClNS2. The zero-order chi connectivity index (χ0) is 11.7. The molecule has 0 bridgehead atoms. The molecule has 2 heterocycles. The Balaban J connectivity index is 1.65.